The van der Waals surface area contributed by atoms with Gasteiger partial charge in [-0.25, -0.2) is 0 Å². The molecule has 0 aliphatic carbocycles. The van der Waals surface area contributed by atoms with E-state index < -0.39 is 0 Å². The molecule has 0 bridgehead atoms. The second kappa shape index (κ2) is 13.5. The second-order valence-corrected chi connectivity index (χ2v) is 3.46. The molecule has 0 N–H and O–H groups in total. The van der Waals surface area contributed by atoms with Gasteiger partial charge in [-0.05, 0) is 19.8 Å². The lowest BCUT2D eigenvalue weighted by atomic mass is 10.0. The highest BCUT2D eigenvalue weighted by atomic mass is 16.6. The van der Waals surface area contributed by atoms with Gasteiger partial charge >= 0.3 is 5.97 Å². The van der Waals surface area contributed by atoms with Crippen LogP contribution < -0.4 is 0 Å². The summed E-state index contributed by atoms with van der Waals surface area (Å²) in [4.78, 5) is 10.6. The van der Waals surface area contributed by atoms with Crippen molar-refractivity contribution in [3.63, 3.8) is 0 Å². The molecule has 0 aliphatic heterocycles. The van der Waals surface area contributed by atoms with Crippen LogP contribution in [-0.4, -0.2) is 11.6 Å². The van der Waals surface area contributed by atoms with Crippen LogP contribution in [0.4, 0.5) is 0 Å². The smallest absolute Gasteiger partial charge is 0.303 e. The van der Waals surface area contributed by atoms with Gasteiger partial charge in [0, 0.05) is 6.92 Å². The van der Waals surface area contributed by atoms with Gasteiger partial charge < -0.3 is 4.74 Å². The topological polar surface area (TPSA) is 26.3 Å². The van der Waals surface area contributed by atoms with Crippen molar-refractivity contribution in [1.82, 2.24) is 0 Å². The van der Waals surface area contributed by atoms with Crippen molar-refractivity contribution >= 4 is 5.97 Å². The number of hydrogen-bond acceptors (Lipinski definition) is 2. The van der Waals surface area contributed by atoms with Crippen molar-refractivity contribution < 1.29 is 9.53 Å². The average Bonchev–Trinajstić information content (AvgIpc) is 2.21. The standard InChI is InChI=1S/C8H16O2.C3H8.C2H6/c1-5-8(4,6-2)10-7(3)9;1-3-2;1-2/h5-6H2,1-4H3;3H2,1-2H3;1-2H3. The molecule has 0 aliphatic rings. The first-order chi connectivity index (χ1) is 6.95. The van der Waals surface area contributed by atoms with Crippen LogP contribution in [0.2, 0.25) is 0 Å². The number of rotatable bonds is 3. The molecule has 0 saturated carbocycles. The van der Waals surface area contributed by atoms with Gasteiger partial charge in [-0.3, -0.25) is 4.79 Å². The third-order valence-electron chi connectivity index (χ3n) is 1.89. The minimum Gasteiger partial charge on any atom is -0.460 e. The highest BCUT2D eigenvalue weighted by Gasteiger charge is 2.22. The molecule has 0 aromatic rings. The molecular weight excluding hydrogens is 188 g/mol. The van der Waals surface area contributed by atoms with Crippen molar-refractivity contribution in [2.75, 3.05) is 0 Å². The van der Waals surface area contributed by atoms with Gasteiger partial charge in [0.25, 0.3) is 0 Å². The van der Waals surface area contributed by atoms with E-state index in [4.69, 9.17) is 4.74 Å². The van der Waals surface area contributed by atoms with Gasteiger partial charge in [0.2, 0.25) is 0 Å². The van der Waals surface area contributed by atoms with Crippen LogP contribution in [0.25, 0.3) is 0 Å². The third kappa shape index (κ3) is 16.2. The Labute approximate surface area is 96.4 Å². The summed E-state index contributed by atoms with van der Waals surface area (Å²) in [6.45, 7) is 15.7. The van der Waals surface area contributed by atoms with Gasteiger partial charge in [0.1, 0.15) is 5.60 Å². The Morgan fingerprint density at radius 2 is 1.33 bits per heavy atom. The van der Waals surface area contributed by atoms with Crippen molar-refractivity contribution in [3.05, 3.63) is 0 Å². The van der Waals surface area contributed by atoms with Gasteiger partial charge in [-0.2, -0.15) is 0 Å². The summed E-state index contributed by atoms with van der Waals surface area (Å²) >= 11 is 0. The fourth-order valence-electron chi connectivity index (χ4n) is 0.741. The lowest BCUT2D eigenvalue weighted by Crippen LogP contribution is -2.28. The molecule has 2 nitrogen and oxygen atoms in total. The fraction of sp³-hybridized carbons (Fsp3) is 0.923. The third-order valence-corrected chi connectivity index (χ3v) is 1.89. The van der Waals surface area contributed by atoms with Crippen LogP contribution in [0, 0.1) is 0 Å². The summed E-state index contributed by atoms with van der Waals surface area (Å²) in [6, 6.07) is 0. The maximum absolute atomic E-state index is 10.6. The molecule has 0 atom stereocenters. The SMILES string of the molecule is CC.CCC.CCC(C)(CC)OC(C)=O. The molecule has 0 aromatic carbocycles. The predicted molar refractivity (Wildman–Crippen MR) is 68.1 cm³/mol. The Morgan fingerprint density at radius 1 is 1.07 bits per heavy atom. The molecule has 15 heavy (non-hydrogen) atoms. The molecule has 0 unspecified atom stereocenters. The van der Waals surface area contributed by atoms with E-state index in [1.165, 1.54) is 13.3 Å². The van der Waals surface area contributed by atoms with Gasteiger partial charge in [0.15, 0.2) is 0 Å². The molecule has 0 radical (unpaired) electrons. The van der Waals surface area contributed by atoms with Gasteiger partial charge in [-0.15, -0.1) is 0 Å². The van der Waals surface area contributed by atoms with E-state index in [0.717, 1.165) is 12.8 Å². The van der Waals surface area contributed by atoms with E-state index in [-0.39, 0.29) is 11.6 Å². The molecule has 0 spiro atoms. The molecule has 0 heterocycles. The molecule has 0 amide bonds. The monoisotopic (exact) mass is 218 g/mol. The van der Waals surface area contributed by atoms with Crippen LogP contribution >= 0.6 is 0 Å². The summed E-state index contributed by atoms with van der Waals surface area (Å²) in [5, 5.41) is 0. The highest BCUT2D eigenvalue weighted by Crippen LogP contribution is 2.18. The zero-order chi connectivity index (χ0) is 12.9. The predicted octanol–water partition coefficient (Wildman–Crippen LogP) is 4.57. The minimum absolute atomic E-state index is 0.189. The highest BCUT2D eigenvalue weighted by molar-refractivity contribution is 5.66. The van der Waals surface area contributed by atoms with E-state index in [1.54, 1.807) is 0 Å². The quantitative estimate of drug-likeness (QED) is 0.649. The minimum atomic E-state index is -0.244. The van der Waals surface area contributed by atoms with Crippen LogP contribution in [-0.2, 0) is 9.53 Å². The molecule has 0 saturated heterocycles. The molecular formula is C13H30O2. The molecule has 2 heteroatoms. The van der Waals surface area contributed by atoms with Crippen molar-refractivity contribution in [2.45, 2.75) is 80.3 Å². The summed E-state index contributed by atoms with van der Waals surface area (Å²) in [5.74, 6) is -0.189. The summed E-state index contributed by atoms with van der Waals surface area (Å²) in [7, 11) is 0. The van der Waals surface area contributed by atoms with E-state index in [9.17, 15) is 4.79 Å². The first-order valence-electron chi connectivity index (χ1n) is 6.15. The largest absolute Gasteiger partial charge is 0.460 e. The van der Waals surface area contributed by atoms with E-state index in [2.05, 4.69) is 13.8 Å². The van der Waals surface area contributed by atoms with Crippen LogP contribution in [0.3, 0.4) is 0 Å². The average molecular weight is 218 g/mol. The van der Waals surface area contributed by atoms with Crippen LogP contribution in [0.1, 0.15) is 74.7 Å². The van der Waals surface area contributed by atoms with E-state index in [0.29, 0.717) is 0 Å². The Balaban J connectivity index is -0.000000245. The number of hydrogen-bond donors (Lipinski definition) is 0. The van der Waals surface area contributed by atoms with Gasteiger partial charge in [-0.1, -0.05) is 48.0 Å². The summed E-state index contributed by atoms with van der Waals surface area (Å²) in [5.41, 5.74) is -0.244. The molecule has 0 fully saturated rings. The fourth-order valence-corrected chi connectivity index (χ4v) is 0.741. The van der Waals surface area contributed by atoms with Crippen molar-refractivity contribution in [3.8, 4) is 0 Å². The summed E-state index contributed by atoms with van der Waals surface area (Å²) in [6.07, 6.45) is 3.01. The zero-order valence-electron chi connectivity index (χ0n) is 11.9. The first kappa shape index (κ1) is 20.0. The Bertz CT molecular complexity index is 126. The van der Waals surface area contributed by atoms with E-state index >= 15 is 0 Å². The first-order valence-corrected chi connectivity index (χ1v) is 6.15. The van der Waals surface area contributed by atoms with Crippen LogP contribution in [0.5, 0.6) is 0 Å². The lowest BCUT2D eigenvalue weighted by Gasteiger charge is -2.25. The number of carbonyl (C=O) groups is 1. The number of esters is 1. The Hall–Kier alpha value is -0.530. The normalized spacial score (nSPS) is 9.07. The van der Waals surface area contributed by atoms with Crippen molar-refractivity contribution in [1.29, 1.82) is 0 Å². The second-order valence-electron chi connectivity index (χ2n) is 3.46. The maximum atomic E-state index is 10.6. The van der Waals surface area contributed by atoms with Crippen molar-refractivity contribution in [2.24, 2.45) is 0 Å². The Morgan fingerprint density at radius 3 is 1.40 bits per heavy atom. The zero-order valence-corrected chi connectivity index (χ0v) is 11.9. The lowest BCUT2D eigenvalue weighted by molar-refractivity contribution is -0.155. The molecule has 0 rings (SSSR count). The van der Waals surface area contributed by atoms with Crippen LogP contribution in [0.15, 0.2) is 0 Å². The summed E-state index contributed by atoms with van der Waals surface area (Å²) < 4.78 is 5.10. The number of carbonyl (C=O) groups excluding carboxylic acids is 1. The van der Waals surface area contributed by atoms with Gasteiger partial charge in [0.05, 0.1) is 0 Å². The number of ether oxygens (including phenoxy) is 1. The maximum Gasteiger partial charge on any atom is 0.303 e. The van der Waals surface area contributed by atoms with E-state index in [1.807, 2.05) is 34.6 Å². The Kier molecular flexibility index (Phi) is 17.9. The molecule has 0 aromatic heterocycles. The molecule has 94 valence electrons.